The molecule has 2 nitrogen and oxygen atoms in total. The summed E-state index contributed by atoms with van der Waals surface area (Å²) < 4.78 is 0. The largest absolute Gasteiger partial charge is 0.329 e. The smallest absolute Gasteiger partial charge is 0.0331 e. The van der Waals surface area contributed by atoms with Crippen molar-refractivity contribution in [2.75, 3.05) is 13.1 Å². The Balaban J connectivity index is 2.87. The standard InChI is InChI=1S/C15H32N2/c1-4-11-15(6-3,13-16)17-12-9-7-8-10-14(17)5-2/h14H,4-13,16H2,1-3H3. The molecule has 0 amide bonds. The number of hydrogen-bond acceptors (Lipinski definition) is 2. The average molecular weight is 240 g/mol. The zero-order valence-corrected chi connectivity index (χ0v) is 12.2. The molecular formula is C15H32N2. The first-order valence-electron chi connectivity index (χ1n) is 7.70. The number of rotatable bonds is 6. The Bertz CT molecular complexity index is 199. The van der Waals surface area contributed by atoms with E-state index in [9.17, 15) is 0 Å². The molecule has 0 spiro atoms. The van der Waals surface area contributed by atoms with Crippen molar-refractivity contribution in [1.82, 2.24) is 4.90 Å². The molecule has 0 aromatic heterocycles. The highest BCUT2D eigenvalue weighted by molar-refractivity contribution is 4.94. The molecule has 0 saturated carbocycles. The molecule has 2 unspecified atom stereocenters. The van der Waals surface area contributed by atoms with E-state index in [1.54, 1.807) is 0 Å². The van der Waals surface area contributed by atoms with Crippen molar-refractivity contribution in [3.05, 3.63) is 0 Å². The van der Waals surface area contributed by atoms with Crippen LogP contribution in [0, 0.1) is 0 Å². The second kappa shape index (κ2) is 7.38. The summed E-state index contributed by atoms with van der Waals surface area (Å²) in [6.07, 6.45) is 10.5. The molecule has 2 heteroatoms. The maximum absolute atomic E-state index is 6.16. The first-order valence-corrected chi connectivity index (χ1v) is 7.70. The number of nitrogens with zero attached hydrogens (tertiary/aromatic N) is 1. The van der Waals surface area contributed by atoms with Crippen LogP contribution in [0.2, 0.25) is 0 Å². The van der Waals surface area contributed by atoms with Crippen LogP contribution in [0.1, 0.15) is 72.1 Å². The minimum Gasteiger partial charge on any atom is -0.329 e. The highest BCUT2D eigenvalue weighted by Crippen LogP contribution is 2.32. The number of nitrogens with two attached hydrogens (primary N) is 1. The molecule has 0 aromatic rings. The number of likely N-dealkylation sites (tertiary alicyclic amines) is 1. The van der Waals surface area contributed by atoms with E-state index in [4.69, 9.17) is 5.73 Å². The first kappa shape index (κ1) is 15.0. The van der Waals surface area contributed by atoms with E-state index in [0.717, 1.165) is 12.6 Å². The van der Waals surface area contributed by atoms with Crippen LogP contribution >= 0.6 is 0 Å². The SMILES string of the molecule is CCCC(CC)(CN)N1CCCCCC1CC. The van der Waals surface area contributed by atoms with E-state index in [2.05, 4.69) is 25.7 Å². The van der Waals surface area contributed by atoms with Crippen molar-refractivity contribution in [1.29, 1.82) is 0 Å². The van der Waals surface area contributed by atoms with E-state index in [1.807, 2.05) is 0 Å². The molecule has 17 heavy (non-hydrogen) atoms. The topological polar surface area (TPSA) is 29.3 Å². The van der Waals surface area contributed by atoms with Crippen LogP contribution in [0.3, 0.4) is 0 Å². The van der Waals surface area contributed by atoms with Crippen molar-refractivity contribution in [2.24, 2.45) is 5.73 Å². The fourth-order valence-electron chi connectivity index (χ4n) is 3.58. The lowest BCUT2D eigenvalue weighted by Gasteiger charge is -2.47. The summed E-state index contributed by atoms with van der Waals surface area (Å²) >= 11 is 0. The fraction of sp³-hybridized carbons (Fsp3) is 1.00. The van der Waals surface area contributed by atoms with Crippen LogP contribution in [0.4, 0.5) is 0 Å². The Kier molecular flexibility index (Phi) is 6.50. The van der Waals surface area contributed by atoms with Gasteiger partial charge < -0.3 is 5.73 Å². The lowest BCUT2D eigenvalue weighted by Crippen LogP contribution is -2.57. The van der Waals surface area contributed by atoms with Gasteiger partial charge in [-0.1, -0.05) is 40.0 Å². The third kappa shape index (κ3) is 3.45. The molecule has 2 N–H and O–H groups in total. The van der Waals surface area contributed by atoms with Crippen molar-refractivity contribution in [3.63, 3.8) is 0 Å². The third-order valence-electron chi connectivity index (χ3n) is 4.71. The van der Waals surface area contributed by atoms with Crippen molar-refractivity contribution in [2.45, 2.75) is 83.7 Å². The van der Waals surface area contributed by atoms with Crippen LogP contribution < -0.4 is 5.73 Å². The van der Waals surface area contributed by atoms with Gasteiger partial charge in [-0.05, 0) is 38.6 Å². The normalized spacial score (nSPS) is 26.5. The summed E-state index contributed by atoms with van der Waals surface area (Å²) in [7, 11) is 0. The lowest BCUT2D eigenvalue weighted by molar-refractivity contribution is 0.0364. The predicted octanol–water partition coefficient (Wildman–Crippen LogP) is 3.55. The Hall–Kier alpha value is -0.0800. The highest BCUT2D eigenvalue weighted by atomic mass is 15.2. The Labute approximate surface area is 108 Å². The molecule has 2 atom stereocenters. The minimum absolute atomic E-state index is 0.278. The van der Waals surface area contributed by atoms with E-state index in [1.165, 1.54) is 57.9 Å². The van der Waals surface area contributed by atoms with Crippen molar-refractivity contribution < 1.29 is 0 Å². The van der Waals surface area contributed by atoms with Gasteiger partial charge in [-0.15, -0.1) is 0 Å². The van der Waals surface area contributed by atoms with Gasteiger partial charge >= 0.3 is 0 Å². The molecular weight excluding hydrogens is 208 g/mol. The van der Waals surface area contributed by atoms with Gasteiger partial charge in [0, 0.05) is 18.1 Å². The van der Waals surface area contributed by atoms with Gasteiger partial charge in [-0.25, -0.2) is 0 Å². The fourth-order valence-corrected chi connectivity index (χ4v) is 3.58. The molecule has 1 heterocycles. The second-order valence-electron chi connectivity index (χ2n) is 5.64. The molecule has 0 radical (unpaired) electrons. The summed E-state index contributed by atoms with van der Waals surface area (Å²) in [5.74, 6) is 0. The quantitative estimate of drug-likeness (QED) is 0.769. The van der Waals surface area contributed by atoms with Gasteiger partial charge in [-0.2, -0.15) is 0 Å². The molecule has 1 fully saturated rings. The van der Waals surface area contributed by atoms with Crippen LogP contribution in [0.5, 0.6) is 0 Å². The maximum Gasteiger partial charge on any atom is 0.0331 e. The summed E-state index contributed by atoms with van der Waals surface area (Å²) in [6.45, 7) is 9.04. The Morgan fingerprint density at radius 3 is 2.47 bits per heavy atom. The minimum atomic E-state index is 0.278. The molecule has 1 saturated heterocycles. The van der Waals surface area contributed by atoms with Crippen LogP contribution in [-0.2, 0) is 0 Å². The molecule has 102 valence electrons. The van der Waals surface area contributed by atoms with Gasteiger partial charge in [0.15, 0.2) is 0 Å². The Morgan fingerprint density at radius 2 is 1.94 bits per heavy atom. The third-order valence-corrected chi connectivity index (χ3v) is 4.71. The van der Waals surface area contributed by atoms with Gasteiger partial charge in [0.05, 0.1) is 0 Å². The summed E-state index contributed by atoms with van der Waals surface area (Å²) in [5, 5.41) is 0. The van der Waals surface area contributed by atoms with Crippen molar-refractivity contribution in [3.8, 4) is 0 Å². The zero-order chi connectivity index (χ0) is 12.7. The van der Waals surface area contributed by atoms with E-state index < -0.39 is 0 Å². The molecule has 1 aliphatic rings. The monoisotopic (exact) mass is 240 g/mol. The van der Waals surface area contributed by atoms with Crippen LogP contribution in [-0.4, -0.2) is 29.6 Å². The van der Waals surface area contributed by atoms with E-state index >= 15 is 0 Å². The summed E-state index contributed by atoms with van der Waals surface area (Å²) in [5.41, 5.74) is 6.44. The summed E-state index contributed by atoms with van der Waals surface area (Å²) in [6, 6.07) is 0.771. The predicted molar refractivity (Wildman–Crippen MR) is 76.2 cm³/mol. The maximum atomic E-state index is 6.16. The molecule has 0 aliphatic carbocycles. The van der Waals surface area contributed by atoms with Gasteiger partial charge in [-0.3, -0.25) is 4.90 Å². The molecule has 0 aromatic carbocycles. The molecule has 0 bridgehead atoms. The second-order valence-corrected chi connectivity index (χ2v) is 5.64. The Morgan fingerprint density at radius 1 is 1.18 bits per heavy atom. The van der Waals surface area contributed by atoms with Crippen molar-refractivity contribution >= 4 is 0 Å². The highest BCUT2D eigenvalue weighted by Gasteiger charge is 2.36. The van der Waals surface area contributed by atoms with E-state index in [-0.39, 0.29) is 5.54 Å². The first-order chi connectivity index (χ1) is 8.24. The number of hydrogen-bond donors (Lipinski definition) is 1. The van der Waals surface area contributed by atoms with Crippen LogP contribution in [0.25, 0.3) is 0 Å². The zero-order valence-electron chi connectivity index (χ0n) is 12.2. The van der Waals surface area contributed by atoms with E-state index in [0.29, 0.717) is 0 Å². The van der Waals surface area contributed by atoms with Crippen LogP contribution in [0.15, 0.2) is 0 Å². The van der Waals surface area contributed by atoms with Gasteiger partial charge in [0.25, 0.3) is 0 Å². The summed E-state index contributed by atoms with van der Waals surface area (Å²) in [4.78, 5) is 2.78. The average Bonchev–Trinajstić information content (AvgIpc) is 2.61. The van der Waals surface area contributed by atoms with Gasteiger partial charge in [0.2, 0.25) is 0 Å². The van der Waals surface area contributed by atoms with Gasteiger partial charge in [0.1, 0.15) is 0 Å². The lowest BCUT2D eigenvalue weighted by atomic mass is 9.86. The molecule has 1 rings (SSSR count). The molecule has 1 aliphatic heterocycles.